The van der Waals surface area contributed by atoms with Crippen molar-refractivity contribution < 1.29 is 18.6 Å². The zero-order chi connectivity index (χ0) is 19.7. The largest absolute Gasteiger partial charge is 0.493 e. The quantitative estimate of drug-likeness (QED) is 0.519. The first-order chi connectivity index (χ1) is 13.7. The van der Waals surface area contributed by atoms with E-state index in [-0.39, 0.29) is 5.82 Å². The first kappa shape index (κ1) is 17.8. The fourth-order valence-corrected chi connectivity index (χ4v) is 3.16. The van der Waals surface area contributed by atoms with Crippen LogP contribution in [0.3, 0.4) is 0 Å². The predicted octanol–water partition coefficient (Wildman–Crippen LogP) is 4.25. The van der Waals surface area contributed by atoms with Crippen LogP contribution in [0.4, 0.5) is 4.39 Å². The standard InChI is InChI=1S/C21H18FN3O3/c1-26-19-11-14(12-20(27-2)21(19)28-3)25-18-10-13(8-9-17(18)23-24-25)15-6-4-5-7-16(15)22/h4-12H,1-3H3. The minimum absolute atomic E-state index is 0.284. The second-order valence-corrected chi connectivity index (χ2v) is 6.07. The minimum Gasteiger partial charge on any atom is -0.493 e. The molecule has 4 aromatic rings. The number of benzene rings is 3. The van der Waals surface area contributed by atoms with E-state index in [1.165, 1.54) is 6.07 Å². The molecule has 4 rings (SSSR count). The van der Waals surface area contributed by atoms with E-state index in [4.69, 9.17) is 14.2 Å². The molecule has 3 aromatic carbocycles. The van der Waals surface area contributed by atoms with Crippen LogP contribution < -0.4 is 14.2 Å². The molecule has 0 saturated carbocycles. The maximum absolute atomic E-state index is 14.2. The lowest BCUT2D eigenvalue weighted by atomic mass is 10.0. The summed E-state index contributed by atoms with van der Waals surface area (Å²) < 4.78 is 32.1. The van der Waals surface area contributed by atoms with E-state index < -0.39 is 0 Å². The van der Waals surface area contributed by atoms with Crippen molar-refractivity contribution in [3.05, 3.63) is 60.4 Å². The SMILES string of the molecule is COc1cc(-n2nnc3ccc(-c4ccccc4F)cc32)cc(OC)c1OC. The van der Waals surface area contributed by atoms with Gasteiger partial charge in [0.25, 0.3) is 0 Å². The average molecular weight is 379 g/mol. The summed E-state index contributed by atoms with van der Waals surface area (Å²) in [5, 5.41) is 8.46. The van der Waals surface area contributed by atoms with Crippen LogP contribution in [0.25, 0.3) is 27.8 Å². The molecule has 0 amide bonds. The highest BCUT2D eigenvalue weighted by Gasteiger charge is 2.17. The summed E-state index contributed by atoms with van der Waals surface area (Å²) in [4.78, 5) is 0. The molecule has 0 unspecified atom stereocenters. The molecule has 0 N–H and O–H groups in total. The van der Waals surface area contributed by atoms with E-state index in [1.54, 1.807) is 56.3 Å². The van der Waals surface area contributed by atoms with Crippen molar-refractivity contribution in [2.45, 2.75) is 0 Å². The highest BCUT2D eigenvalue weighted by molar-refractivity contribution is 5.83. The molecular formula is C21H18FN3O3. The van der Waals surface area contributed by atoms with Crippen LogP contribution in [-0.4, -0.2) is 36.3 Å². The van der Waals surface area contributed by atoms with E-state index in [9.17, 15) is 4.39 Å². The summed E-state index contributed by atoms with van der Waals surface area (Å²) in [6, 6.07) is 15.7. The monoisotopic (exact) mass is 379 g/mol. The second kappa shape index (κ2) is 7.19. The second-order valence-electron chi connectivity index (χ2n) is 6.07. The highest BCUT2D eigenvalue weighted by atomic mass is 19.1. The molecule has 0 aliphatic carbocycles. The number of hydrogen-bond acceptors (Lipinski definition) is 5. The molecule has 28 heavy (non-hydrogen) atoms. The number of nitrogens with zero attached hydrogens (tertiary/aromatic N) is 3. The van der Waals surface area contributed by atoms with Gasteiger partial charge in [-0.1, -0.05) is 29.5 Å². The Kier molecular flexibility index (Phi) is 4.57. The van der Waals surface area contributed by atoms with E-state index in [2.05, 4.69) is 10.3 Å². The Hall–Kier alpha value is -3.61. The van der Waals surface area contributed by atoms with Gasteiger partial charge in [-0.05, 0) is 23.8 Å². The van der Waals surface area contributed by atoms with Gasteiger partial charge in [0, 0.05) is 17.7 Å². The first-order valence-electron chi connectivity index (χ1n) is 8.57. The molecule has 0 saturated heterocycles. The van der Waals surface area contributed by atoms with Crippen LogP contribution in [0.2, 0.25) is 0 Å². The van der Waals surface area contributed by atoms with Gasteiger partial charge >= 0.3 is 0 Å². The van der Waals surface area contributed by atoms with E-state index >= 15 is 0 Å². The maximum atomic E-state index is 14.2. The van der Waals surface area contributed by atoms with Gasteiger partial charge in [-0.2, -0.15) is 0 Å². The third-order valence-electron chi connectivity index (χ3n) is 4.52. The average Bonchev–Trinajstić information content (AvgIpc) is 3.16. The molecule has 0 aliphatic heterocycles. The molecular weight excluding hydrogens is 361 g/mol. The Labute approximate surface area is 161 Å². The number of rotatable bonds is 5. The summed E-state index contributed by atoms with van der Waals surface area (Å²) >= 11 is 0. The third-order valence-corrected chi connectivity index (χ3v) is 4.52. The van der Waals surface area contributed by atoms with Crippen molar-refractivity contribution in [3.63, 3.8) is 0 Å². The van der Waals surface area contributed by atoms with Crippen molar-refractivity contribution in [2.24, 2.45) is 0 Å². The smallest absolute Gasteiger partial charge is 0.203 e. The van der Waals surface area contributed by atoms with E-state index in [0.717, 1.165) is 11.1 Å². The lowest BCUT2D eigenvalue weighted by Crippen LogP contribution is -2.01. The van der Waals surface area contributed by atoms with Gasteiger partial charge in [-0.3, -0.25) is 0 Å². The van der Waals surface area contributed by atoms with Gasteiger partial charge in [0.05, 0.1) is 32.5 Å². The lowest BCUT2D eigenvalue weighted by molar-refractivity contribution is 0.324. The van der Waals surface area contributed by atoms with Crippen molar-refractivity contribution in [1.82, 2.24) is 15.0 Å². The van der Waals surface area contributed by atoms with Crippen LogP contribution in [0.5, 0.6) is 17.2 Å². The number of halogens is 1. The van der Waals surface area contributed by atoms with E-state index in [1.807, 2.05) is 18.2 Å². The molecule has 1 heterocycles. The normalized spacial score (nSPS) is 10.9. The molecule has 7 heteroatoms. The molecule has 0 fully saturated rings. The predicted molar refractivity (Wildman–Crippen MR) is 104 cm³/mol. The van der Waals surface area contributed by atoms with Crippen molar-refractivity contribution in [2.75, 3.05) is 21.3 Å². The van der Waals surface area contributed by atoms with Gasteiger partial charge in [-0.25, -0.2) is 9.07 Å². The van der Waals surface area contributed by atoms with Crippen LogP contribution in [0.1, 0.15) is 0 Å². The van der Waals surface area contributed by atoms with Crippen LogP contribution in [0, 0.1) is 5.82 Å². The number of methoxy groups -OCH3 is 3. The molecule has 1 aromatic heterocycles. The summed E-state index contributed by atoms with van der Waals surface area (Å²) in [6.07, 6.45) is 0. The van der Waals surface area contributed by atoms with Gasteiger partial charge in [0.2, 0.25) is 5.75 Å². The third kappa shape index (κ3) is 2.90. The fraction of sp³-hybridized carbons (Fsp3) is 0.143. The van der Waals surface area contributed by atoms with Crippen LogP contribution in [-0.2, 0) is 0 Å². The van der Waals surface area contributed by atoms with E-state index in [0.29, 0.717) is 34.0 Å². The summed E-state index contributed by atoms with van der Waals surface area (Å²) in [7, 11) is 4.65. The highest BCUT2D eigenvalue weighted by Crippen LogP contribution is 2.39. The zero-order valence-corrected chi connectivity index (χ0v) is 15.6. The number of fused-ring (bicyclic) bond motifs is 1. The molecule has 0 atom stereocenters. The summed E-state index contributed by atoms with van der Waals surface area (Å²) in [5.41, 5.74) is 3.36. The molecule has 0 aliphatic rings. The fourth-order valence-electron chi connectivity index (χ4n) is 3.16. The van der Waals surface area contributed by atoms with Crippen molar-refractivity contribution >= 4 is 11.0 Å². The Morgan fingerprint density at radius 3 is 2.21 bits per heavy atom. The molecule has 142 valence electrons. The minimum atomic E-state index is -0.284. The first-order valence-corrected chi connectivity index (χ1v) is 8.57. The molecule has 6 nitrogen and oxygen atoms in total. The Morgan fingerprint density at radius 2 is 1.57 bits per heavy atom. The maximum Gasteiger partial charge on any atom is 0.203 e. The lowest BCUT2D eigenvalue weighted by Gasteiger charge is -2.14. The number of ether oxygens (including phenoxy) is 3. The van der Waals surface area contributed by atoms with Gasteiger partial charge in [0.15, 0.2) is 11.5 Å². The van der Waals surface area contributed by atoms with Crippen LogP contribution >= 0.6 is 0 Å². The molecule has 0 spiro atoms. The van der Waals surface area contributed by atoms with Gasteiger partial charge < -0.3 is 14.2 Å². The Balaban J connectivity index is 1.90. The van der Waals surface area contributed by atoms with Gasteiger partial charge in [-0.15, -0.1) is 5.10 Å². The Morgan fingerprint density at radius 1 is 0.857 bits per heavy atom. The van der Waals surface area contributed by atoms with Crippen molar-refractivity contribution in [1.29, 1.82) is 0 Å². The zero-order valence-electron chi connectivity index (χ0n) is 15.6. The van der Waals surface area contributed by atoms with Crippen molar-refractivity contribution in [3.8, 4) is 34.1 Å². The molecule has 0 bridgehead atoms. The van der Waals surface area contributed by atoms with Crippen LogP contribution in [0.15, 0.2) is 54.6 Å². The Bertz CT molecular complexity index is 1130. The number of aromatic nitrogens is 3. The van der Waals surface area contributed by atoms with Gasteiger partial charge in [0.1, 0.15) is 11.3 Å². The topological polar surface area (TPSA) is 58.4 Å². The number of hydrogen-bond donors (Lipinski definition) is 0. The molecule has 0 radical (unpaired) electrons. The summed E-state index contributed by atoms with van der Waals surface area (Å²) in [6.45, 7) is 0. The summed E-state index contributed by atoms with van der Waals surface area (Å²) in [5.74, 6) is 1.22.